The quantitative estimate of drug-likeness (QED) is 0.714. The lowest BCUT2D eigenvalue weighted by Gasteiger charge is -2.10. The number of carbonyl (C=O) groups is 2. The van der Waals surface area contributed by atoms with Crippen molar-refractivity contribution in [3.05, 3.63) is 58.5 Å². The van der Waals surface area contributed by atoms with Crippen LogP contribution in [0.4, 0.5) is 5.69 Å². The first-order chi connectivity index (χ1) is 12.6. The number of carbonyl (C=O) groups excluding carboxylic acids is 2. The third-order valence-electron chi connectivity index (χ3n) is 3.91. The average Bonchev–Trinajstić information content (AvgIpc) is 2.63. The number of anilines is 1. The molecule has 0 saturated heterocycles. The first kappa shape index (κ1) is 19.4. The SMILES string of the molecule is CCCCNC(=O)c1cccn(-c2ccc(NC(=O)CCC)cc2)c1=O. The van der Waals surface area contributed by atoms with Crippen molar-refractivity contribution in [2.75, 3.05) is 11.9 Å². The second-order valence-electron chi connectivity index (χ2n) is 6.05. The fourth-order valence-corrected chi connectivity index (χ4v) is 2.50. The number of aromatic nitrogens is 1. The van der Waals surface area contributed by atoms with E-state index in [0.717, 1.165) is 19.3 Å². The van der Waals surface area contributed by atoms with Gasteiger partial charge in [0.05, 0.1) is 0 Å². The molecule has 6 nitrogen and oxygen atoms in total. The molecule has 0 aliphatic carbocycles. The average molecular weight is 355 g/mol. The Morgan fingerprint density at radius 2 is 1.77 bits per heavy atom. The van der Waals surface area contributed by atoms with Crippen LogP contribution in [-0.2, 0) is 4.79 Å². The van der Waals surface area contributed by atoms with Crippen molar-refractivity contribution < 1.29 is 9.59 Å². The summed E-state index contributed by atoms with van der Waals surface area (Å²) in [5.41, 5.74) is 1.05. The first-order valence-electron chi connectivity index (χ1n) is 8.97. The lowest BCUT2D eigenvalue weighted by atomic mass is 10.2. The zero-order valence-electron chi connectivity index (χ0n) is 15.2. The van der Waals surface area contributed by atoms with Gasteiger partial charge >= 0.3 is 0 Å². The molecule has 0 aliphatic heterocycles. The molecule has 2 rings (SSSR count). The number of amides is 2. The van der Waals surface area contributed by atoms with Gasteiger partial charge in [0.25, 0.3) is 11.5 Å². The van der Waals surface area contributed by atoms with Crippen LogP contribution in [0.1, 0.15) is 49.9 Å². The molecule has 0 atom stereocenters. The Labute approximate surface area is 153 Å². The zero-order chi connectivity index (χ0) is 18.9. The van der Waals surface area contributed by atoms with Crippen LogP contribution in [0.15, 0.2) is 47.4 Å². The van der Waals surface area contributed by atoms with Gasteiger partial charge in [-0.2, -0.15) is 0 Å². The molecule has 26 heavy (non-hydrogen) atoms. The van der Waals surface area contributed by atoms with Crippen LogP contribution >= 0.6 is 0 Å². The van der Waals surface area contributed by atoms with Gasteiger partial charge in [-0.15, -0.1) is 0 Å². The summed E-state index contributed by atoms with van der Waals surface area (Å²) in [7, 11) is 0. The van der Waals surface area contributed by atoms with Crippen LogP contribution in [0.2, 0.25) is 0 Å². The fourth-order valence-electron chi connectivity index (χ4n) is 2.50. The molecule has 0 saturated carbocycles. The largest absolute Gasteiger partial charge is 0.352 e. The Morgan fingerprint density at radius 1 is 1.04 bits per heavy atom. The number of pyridine rings is 1. The van der Waals surface area contributed by atoms with Crippen molar-refractivity contribution >= 4 is 17.5 Å². The second kappa shape index (κ2) is 9.56. The molecule has 0 aliphatic rings. The number of nitrogens with zero attached hydrogens (tertiary/aromatic N) is 1. The molecule has 1 aromatic heterocycles. The van der Waals surface area contributed by atoms with Crippen molar-refractivity contribution in [2.45, 2.75) is 39.5 Å². The Bertz CT molecular complexity index is 810. The molecule has 2 amide bonds. The summed E-state index contributed by atoms with van der Waals surface area (Å²) in [6.07, 6.45) is 4.72. The standard InChI is InChI=1S/C20H25N3O3/c1-3-5-13-21-19(25)17-8-6-14-23(20(17)26)16-11-9-15(10-12-16)22-18(24)7-4-2/h6,8-12,14H,3-5,7,13H2,1-2H3,(H,21,25)(H,22,24). The lowest BCUT2D eigenvalue weighted by Crippen LogP contribution is -2.32. The Balaban J connectivity index is 2.18. The van der Waals surface area contributed by atoms with Crippen molar-refractivity contribution in [2.24, 2.45) is 0 Å². The summed E-state index contributed by atoms with van der Waals surface area (Å²) >= 11 is 0. The molecule has 1 heterocycles. The summed E-state index contributed by atoms with van der Waals surface area (Å²) in [6, 6.07) is 10.2. The van der Waals surface area contributed by atoms with E-state index in [1.54, 1.807) is 36.5 Å². The van der Waals surface area contributed by atoms with Crippen LogP contribution in [0.5, 0.6) is 0 Å². The summed E-state index contributed by atoms with van der Waals surface area (Å²) in [5.74, 6) is -0.399. The van der Waals surface area contributed by atoms with Gasteiger partial charge in [-0.1, -0.05) is 20.3 Å². The molecule has 0 radical (unpaired) electrons. The molecule has 2 aromatic rings. The van der Waals surface area contributed by atoms with Gasteiger partial charge in [0.2, 0.25) is 5.91 Å². The molecule has 0 unspecified atom stereocenters. The van der Waals surface area contributed by atoms with Crippen LogP contribution in [0.25, 0.3) is 5.69 Å². The Kier molecular flexibility index (Phi) is 7.14. The fraction of sp³-hybridized carbons (Fsp3) is 0.350. The number of unbranched alkanes of at least 4 members (excludes halogenated alkanes) is 1. The van der Waals surface area contributed by atoms with E-state index in [9.17, 15) is 14.4 Å². The van der Waals surface area contributed by atoms with Gasteiger partial charge in [0.1, 0.15) is 5.56 Å². The monoisotopic (exact) mass is 355 g/mol. The minimum Gasteiger partial charge on any atom is -0.352 e. The molecule has 0 spiro atoms. The molecule has 2 N–H and O–H groups in total. The maximum absolute atomic E-state index is 12.6. The van der Waals surface area contributed by atoms with E-state index in [1.165, 1.54) is 10.6 Å². The van der Waals surface area contributed by atoms with E-state index in [1.807, 2.05) is 13.8 Å². The van der Waals surface area contributed by atoms with E-state index < -0.39 is 0 Å². The Hall–Kier alpha value is -2.89. The second-order valence-corrected chi connectivity index (χ2v) is 6.05. The lowest BCUT2D eigenvalue weighted by molar-refractivity contribution is -0.116. The number of hydrogen-bond acceptors (Lipinski definition) is 3. The molecule has 0 fully saturated rings. The summed E-state index contributed by atoms with van der Waals surface area (Å²) in [6.45, 7) is 4.53. The van der Waals surface area contributed by atoms with Crippen molar-refractivity contribution in [3.63, 3.8) is 0 Å². The van der Waals surface area contributed by atoms with Gasteiger partial charge < -0.3 is 10.6 Å². The Morgan fingerprint density at radius 3 is 2.42 bits per heavy atom. The highest BCUT2D eigenvalue weighted by molar-refractivity contribution is 5.94. The van der Waals surface area contributed by atoms with Gasteiger partial charge in [0.15, 0.2) is 0 Å². The predicted molar refractivity (Wildman–Crippen MR) is 103 cm³/mol. The van der Waals surface area contributed by atoms with Crippen LogP contribution in [0.3, 0.4) is 0 Å². The predicted octanol–water partition coefficient (Wildman–Crippen LogP) is 3.11. The van der Waals surface area contributed by atoms with Crippen LogP contribution in [-0.4, -0.2) is 22.9 Å². The minimum atomic E-state index is -0.371. The van der Waals surface area contributed by atoms with Crippen molar-refractivity contribution in [1.82, 2.24) is 9.88 Å². The molecule has 0 bridgehead atoms. The smallest absolute Gasteiger partial charge is 0.267 e. The number of nitrogens with one attached hydrogen (secondary N) is 2. The third kappa shape index (κ3) is 5.05. The zero-order valence-corrected chi connectivity index (χ0v) is 15.2. The van der Waals surface area contributed by atoms with E-state index in [4.69, 9.17) is 0 Å². The highest BCUT2D eigenvalue weighted by Gasteiger charge is 2.12. The molecule has 6 heteroatoms. The number of hydrogen-bond donors (Lipinski definition) is 2. The third-order valence-corrected chi connectivity index (χ3v) is 3.91. The first-order valence-corrected chi connectivity index (χ1v) is 8.97. The molecular formula is C20H25N3O3. The molecule has 1 aromatic carbocycles. The van der Waals surface area contributed by atoms with Gasteiger partial charge in [-0.05, 0) is 49.2 Å². The molecule has 138 valence electrons. The summed E-state index contributed by atoms with van der Waals surface area (Å²) in [4.78, 5) is 36.5. The van der Waals surface area contributed by atoms with E-state index in [0.29, 0.717) is 24.3 Å². The molecular weight excluding hydrogens is 330 g/mol. The maximum Gasteiger partial charge on any atom is 0.267 e. The summed E-state index contributed by atoms with van der Waals surface area (Å²) < 4.78 is 1.42. The van der Waals surface area contributed by atoms with Crippen molar-refractivity contribution in [1.29, 1.82) is 0 Å². The van der Waals surface area contributed by atoms with Gasteiger partial charge in [-0.3, -0.25) is 19.0 Å². The van der Waals surface area contributed by atoms with E-state index >= 15 is 0 Å². The van der Waals surface area contributed by atoms with E-state index in [-0.39, 0.29) is 22.9 Å². The highest BCUT2D eigenvalue weighted by Crippen LogP contribution is 2.13. The van der Waals surface area contributed by atoms with Crippen molar-refractivity contribution in [3.8, 4) is 5.69 Å². The maximum atomic E-state index is 12.6. The van der Waals surface area contributed by atoms with E-state index in [2.05, 4.69) is 10.6 Å². The summed E-state index contributed by atoms with van der Waals surface area (Å²) in [5, 5.41) is 5.57. The van der Waals surface area contributed by atoms with Gasteiger partial charge in [0, 0.05) is 30.5 Å². The topological polar surface area (TPSA) is 80.2 Å². The minimum absolute atomic E-state index is 0.0387. The van der Waals surface area contributed by atoms with Crippen LogP contribution < -0.4 is 16.2 Å². The number of benzene rings is 1. The number of rotatable bonds is 8. The highest BCUT2D eigenvalue weighted by atomic mass is 16.2. The van der Waals surface area contributed by atoms with Crippen LogP contribution in [0, 0.1) is 0 Å². The normalized spacial score (nSPS) is 10.4. The van der Waals surface area contributed by atoms with Gasteiger partial charge in [-0.25, -0.2) is 0 Å².